The molecule has 0 aliphatic heterocycles. The summed E-state index contributed by atoms with van der Waals surface area (Å²) >= 11 is 1.68. The Bertz CT molecular complexity index is 438. The minimum atomic E-state index is -0.275. The van der Waals surface area contributed by atoms with Crippen LogP contribution in [0.3, 0.4) is 0 Å². The van der Waals surface area contributed by atoms with Crippen molar-refractivity contribution < 1.29 is 18.9 Å². The van der Waals surface area contributed by atoms with Crippen molar-refractivity contribution >= 4 is 11.8 Å². The van der Waals surface area contributed by atoms with Crippen molar-refractivity contribution in [3.05, 3.63) is 17.7 Å². The lowest BCUT2D eigenvalue weighted by molar-refractivity contribution is -0.119. The molecule has 21 heavy (non-hydrogen) atoms. The molecule has 120 valence electrons. The Morgan fingerprint density at radius 2 is 1.62 bits per heavy atom. The highest BCUT2D eigenvalue weighted by atomic mass is 32.2. The van der Waals surface area contributed by atoms with Crippen LogP contribution in [0.25, 0.3) is 0 Å². The van der Waals surface area contributed by atoms with Gasteiger partial charge in [-0.1, -0.05) is 0 Å². The summed E-state index contributed by atoms with van der Waals surface area (Å²) in [5.41, 5.74) is 1.15. The van der Waals surface area contributed by atoms with Gasteiger partial charge in [0.1, 0.15) is 0 Å². The summed E-state index contributed by atoms with van der Waals surface area (Å²) < 4.78 is 21.2. The van der Waals surface area contributed by atoms with Crippen LogP contribution in [0.2, 0.25) is 0 Å². The number of rotatable bonds is 9. The third kappa shape index (κ3) is 4.78. The second kappa shape index (κ2) is 9.15. The Kier molecular flexibility index (Phi) is 7.88. The summed E-state index contributed by atoms with van der Waals surface area (Å²) in [5.74, 6) is 1.47. The van der Waals surface area contributed by atoms with Crippen LogP contribution in [0.4, 0.5) is 0 Å². The molecule has 1 aromatic rings. The van der Waals surface area contributed by atoms with E-state index < -0.39 is 0 Å². The van der Waals surface area contributed by atoms with E-state index in [0.29, 0.717) is 6.54 Å². The fraction of sp³-hybridized carbons (Fsp3) is 0.600. The molecule has 1 atom stereocenters. The normalized spacial score (nSPS) is 12.5. The van der Waals surface area contributed by atoms with Gasteiger partial charge in [-0.05, 0) is 30.9 Å². The van der Waals surface area contributed by atoms with Crippen LogP contribution in [0, 0.1) is 0 Å². The van der Waals surface area contributed by atoms with Crippen molar-refractivity contribution in [3.8, 4) is 11.5 Å². The maximum absolute atomic E-state index is 5.36. The van der Waals surface area contributed by atoms with Gasteiger partial charge >= 0.3 is 0 Å². The molecule has 1 unspecified atom stereocenters. The molecule has 0 saturated heterocycles. The molecule has 0 aliphatic rings. The number of benzene rings is 1. The van der Waals surface area contributed by atoms with Gasteiger partial charge < -0.3 is 24.3 Å². The Balaban J connectivity index is 2.87. The summed E-state index contributed by atoms with van der Waals surface area (Å²) in [6.07, 6.45) is 1.77. The van der Waals surface area contributed by atoms with Crippen LogP contribution in [0.15, 0.2) is 17.0 Å². The predicted octanol–water partition coefficient (Wildman–Crippen LogP) is 2.52. The van der Waals surface area contributed by atoms with Gasteiger partial charge in [0.2, 0.25) is 0 Å². The van der Waals surface area contributed by atoms with Crippen LogP contribution in [-0.2, 0) is 16.0 Å². The lowest BCUT2D eigenvalue weighted by atomic mass is 10.2. The second-order valence-corrected chi connectivity index (χ2v) is 5.38. The first-order chi connectivity index (χ1) is 10.1. The van der Waals surface area contributed by atoms with E-state index in [1.54, 1.807) is 40.2 Å². The molecule has 0 amide bonds. The van der Waals surface area contributed by atoms with Gasteiger partial charge in [-0.2, -0.15) is 0 Å². The molecule has 0 saturated carbocycles. The quantitative estimate of drug-likeness (QED) is 0.558. The first-order valence-corrected chi connectivity index (χ1v) is 7.91. The van der Waals surface area contributed by atoms with Crippen LogP contribution in [0.5, 0.6) is 11.5 Å². The van der Waals surface area contributed by atoms with Crippen LogP contribution in [-0.4, -0.2) is 47.0 Å². The van der Waals surface area contributed by atoms with Gasteiger partial charge in [-0.15, -0.1) is 11.8 Å². The number of hydrogen-bond donors (Lipinski definition) is 1. The topological polar surface area (TPSA) is 49.0 Å². The van der Waals surface area contributed by atoms with Gasteiger partial charge in [0.15, 0.2) is 17.8 Å². The van der Waals surface area contributed by atoms with Crippen LogP contribution < -0.4 is 14.8 Å². The molecule has 0 fully saturated rings. The predicted molar refractivity (Wildman–Crippen MR) is 85.4 cm³/mol. The van der Waals surface area contributed by atoms with E-state index in [9.17, 15) is 0 Å². The molecule has 6 heteroatoms. The maximum atomic E-state index is 5.36. The minimum absolute atomic E-state index is 0.0720. The van der Waals surface area contributed by atoms with Crippen molar-refractivity contribution in [1.29, 1.82) is 0 Å². The van der Waals surface area contributed by atoms with Gasteiger partial charge in [-0.25, -0.2) is 0 Å². The zero-order valence-electron chi connectivity index (χ0n) is 13.6. The molecule has 1 rings (SSSR count). The molecule has 0 heterocycles. The largest absolute Gasteiger partial charge is 0.493 e. The van der Waals surface area contributed by atoms with E-state index in [1.807, 2.05) is 25.3 Å². The SMILES string of the molecule is COc1cc(CNC(C)C(OC)OC)c(SC)cc1OC. The summed E-state index contributed by atoms with van der Waals surface area (Å²) in [4.78, 5) is 1.15. The second-order valence-electron chi connectivity index (χ2n) is 4.53. The molecule has 1 N–H and O–H groups in total. The summed E-state index contributed by atoms with van der Waals surface area (Å²) in [7, 11) is 6.55. The molecule has 5 nitrogen and oxygen atoms in total. The Hall–Kier alpha value is -0.950. The van der Waals surface area contributed by atoms with Crippen LogP contribution in [0.1, 0.15) is 12.5 Å². The lowest BCUT2D eigenvalue weighted by Crippen LogP contribution is -2.39. The highest BCUT2D eigenvalue weighted by molar-refractivity contribution is 7.98. The molecule has 0 radical (unpaired) electrons. The Morgan fingerprint density at radius 3 is 2.10 bits per heavy atom. The third-order valence-corrected chi connectivity index (χ3v) is 4.09. The molecule has 1 aromatic carbocycles. The van der Waals surface area contributed by atoms with Crippen LogP contribution >= 0.6 is 11.8 Å². The summed E-state index contributed by atoms with van der Waals surface area (Å²) in [5, 5.41) is 3.40. The average molecular weight is 315 g/mol. The number of methoxy groups -OCH3 is 4. The van der Waals surface area contributed by atoms with E-state index in [1.165, 1.54) is 0 Å². The van der Waals surface area contributed by atoms with Crippen molar-refractivity contribution in [2.24, 2.45) is 0 Å². The number of hydrogen-bond acceptors (Lipinski definition) is 6. The van der Waals surface area contributed by atoms with E-state index in [0.717, 1.165) is 22.0 Å². The third-order valence-electron chi connectivity index (χ3n) is 3.27. The zero-order valence-corrected chi connectivity index (χ0v) is 14.4. The number of nitrogens with one attached hydrogen (secondary N) is 1. The van der Waals surface area contributed by atoms with Crippen molar-refractivity contribution in [3.63, 3.8) is 0 Å². The average Bonchev–Trinajstić information content (AvgIpc) is 2.52. The van der Waals surface area contributed by atoms with Crippen molar-refractivity contribution in [1.82, 2.24) is 5.32 Å². The highest BCUT2D eigenvalue weighted by Gasteiger charge is 2.16. The van der Waals surface area contributed by atoms with E-state index in [-0.39, 0.29) is 12.3 Å². The van der Waals surface area contributed by atoms with E-state index in [4.69, 9.17) is 18.9 Å². The van der Waals surface area contributed by atoms with Gasteiger partial charge in [-0.3, -0.25) is 0 Å². The smallest absolute Gasteiger partial charge is 0.171 e. The minimum Gasteiger partial charge on any atom is -0.493 e. The first kappa shape index (κ1) is 18.1. The van der Waals surface area contributed by atoms with Crippen molar-refractivity contribution in [2.45, 2.75) is 30.7 Å². The molecular formula is C15H25NO4S. The fourth-order valence-corrected chi connectivity index (χ4v) is 2.72. The lowest BCUT2D eigenvalue weighted by Gasteiger charge is -2.23. The maximum Gasteiger partial charge on any atom is 0.171 e. The van der Waals surface area contributed by atoms with Crippen molar-refractivity contribution in [2.75, 3.05) is 34.7 Å². The Labute approximate surface area is 131 Å². The standard InChI is InChI=1S/C15H25NO4S/c1-10(15(19-4)20-5)16-9-11-7-12(17-2)13(18-3)8-14(11)21-6/h7-8,10,15-16H,9H2,1-6H3. The molecule has 0 bridgehead atoms. The number of thioether (sulfide) groups is 1. The molecular weight excluding hydrogens is 290 g/mol. The number of ether oxygens (including phenoxy) is 4. The summed E-state index contributed by atoms with van der Waals surface area (Å²) in [6.45, 7) is 2.72. The molecule has 0 aliphatic carbocycles. The van der Waals surface area contributed by atoms with Gasteiger partial charge in [0, 0.05) is 25.7 Å². The Morgan fingerprint density at radius 1 is 1.05 bits per heavy atom. The van der Waals surface area contributed by atoms with E-state index >= 15 is 0 Å². The first-order valence-electron chi connectivity index (χ1n) is 6.69. The van der Waals surface area contributed by atoms with E-state index in [2.05, 4.69) is 5.32 Å². The van der Waals surface area contributed by atoms with Gasteiger partial charge in [0.25, 0.3) is 0 Å². The van der Waals surface area contributed by atoms with Gasteiger partial charge in [0.05, 0.1) is 20.3 Å². The summed E-state index contributed by atoms with van der Waals surface area (Å²) in [6, 6.07) is 4.07. The molecule has 0 aromatic heterocycles. The highest BCUT2D eigenvalue weighted by Crippen LogP contribution is 2.34. The monoisotopic (exact) mass is 315 g/mol. The molecule has 0 spiro atoms. The zero-order chi connectivity index (χ0) is 15.8. The fourth-order valence-electron chi connectivity index (χ4n) is 2.10.